The fourth-order valence-corrected chi connectivity index (χ4v) is 2.28. The Morgan fingerprint density at radius 2 is 2.39 bits per heavy atom. The minimum absolute atomic E-state index is 0.680. The van der Waals surface area contributed by atoms with Crippen molar-refractivity contribution in [2.75, 3.05) is 18.4 Å². The predicted molar refractivity (Wildman–Crippen MR) is 68.3 cm³/mol. The van der Waals surface area contributed by atoms with Gasteiger partial charge in [0.25, 0.3) is 0 Å². The first-order valence-electron chi connectivity index (χ1n) is 6.24. The minimum Gasteiger partial charge on any atom is -0.384 e. The van der Waals surface area contributed by atoms with Crippen LogP contribution in [0.4, 0.5) is 5.69 Å². The molecular weight excluding hydrogens is 228 g/mol. The van der Waals surface area contributed by atoms with E-state index in [0.29, 0.717) is 5.89 Å². The van der Waals surface area contributed by atoms with Crippen LogP contribution in [-0.4, -0.2) is 23.2 Å². The first kappa shape index (κ1) is 11.2. The van der Waals surface area contributed by atoms with Crippen LogP contribution in [0.1, 0.15) is 17.0 Å². The number of benzene rings is 1. The van der Waals surface area contributed by atoms with Gasteiger partial charge in [-0.05, 0) is 17.5 Å². The molecule has 0 aliphatic carbocycles. The second-order valence-corrected chi connectivity index (χ2v) is 4.39. The Labute approximate surface area is 106 Å². The molecule has 2 aromatic rings. The molecule has 2 N–H and O–H groups in total. The number of para-hydroxylation sites is 1. The molecule has 3 rings (SSSR count). The fourth-order valence-electron chi connectivity index (χ4n) is 2.28. The average molecular weight is 244 g/mol. The number of nitrogens with zero attached hydrogens (tertiary/aromatic N) is 2. The van der Waals surface area contributed by atoms with Gasteiger partial charge in [-0.2, -0.15) is 4.98 Å². The van der Waals surface area contributed by atoms with E-state index in [9.17, 15) is 0 Å². The zero-order valence-corrected chi connectivity index (χ0v) is 10.1. The Morgan fingerprint density at radius 3 is 3.28 bits per heavy atom. The molecule has 5 nitrogen and oxygen atoms in total. The lowest BCUT2D eigenvalue weighted by molar-refractivity contribution is 0.375. The zero-order valence-electron chi connectivity index (χ0n) is 10.1. The van der Waals surface area contributed by atoms with Crippen molar-refractivity contribution in [2.24, 2.45) is 0 Å². The van der Waals surface area contributed by atoms with Gasteiger partial charge in [0.2, 0.25) is 5.89 Å². The first-order chi connectivity index (χ1) is 8.93. The Bertz CT molecular complexity index is 510. The highest BCUT2D eigenvalue weighted by molar-refractivity contribution is 5.61. The van der Waals surface area contributed by atoms with Crippen molar-refractivity contribution >= 4 is 5.69 Å². The Morgan fingerprint density at radius 1 is 1.39 bits per heavy atom. The summed E-state index contributed by atoms with van der Waals surface area (Å²) in [5, 5.41) is 10.4. The molecule has 0 unspecified atom stereocenters. The monoisotopic (exact) mass is 244 g/mol. The number of hydrogen-bond acceptors (Lipinski definition) is 5. The van der Waals surface area contributed by atoms with E-state index in [-0.39, 0.29) is 0 Å². The van der Waals surface area contributed by atoms with Crippen LogP contribution >= 0.6 is 0 Å². The molecule has 0 saturated carbocycles. The van der Waals surface area contributed by atoms with E-state index < -0.39 is 0 Å². The molecule has 5 heteroatoms. The van der Waals surface area contributed by atoms with E-state index in [1.54, 1.807) is 0 Å². The number of rotatable bonds is 5. The lowest BCUT2D eigenvalue weighted by Gasteiger charge is -2.09. The molecule has 1 aliphatic heterocycles. The molecule has 2 heterocycles. The molecule has 1 aromatic carbocycles. The molecule has 94 valence electrons. The Balaban J connectivity index is 1.53. The summed E-state index contributed by atoms with van der Waals surface area (Å²) in [6, 6.07) is 6.48. The van der Waals surface area contributed by atoms with Crippen LogP contribution in [-0.2, 0) is 19.4 Å². The number of anilines is 1. The SMILES string of the molecule is c1cc2c(c(CNCCc3ncno3)c1)NCC2. The van der Waals surface area contributed by atoms with Crippen molar-refractivity contribution in [3.63, 3.8) is 0 Å². The first-order valence-corrected chi connectivity index (χ1v) is 6.24. The number of nitrogens with one attached hydrogen (secondary N) is 2. The summed E-state index contributed by atoms with van der Waals surface area (Å²) in [6.45, 7) is 2.75. The van der Waals surface area contributed by atoms with Crippen LogP contribution in [0.5, 0.6) is 0 Å². The van der Waals surface area contributed by atoms with Gasteiger partial charge in [0.05, 0.1) is 0 Å². The Kier molecular flexibility index (Phi) is 3.23. The van der Waals surface area contributed by atoms with E-state index in [0.717, 1.165) is 32.5 Å². The van der Waals surface area contributed by atoms with Gasteiger partial charge in [-0.3, -0.25) is 0 Å². The normalized spacial score (nSPS) is 13.3. The smallest absolute Gasteiger partial charge is 0.227 e. The van der Waals surface area contributed by atoms with Crippen molar-refractivity contribution in [1.29, 1.82) is 0 Å². The van der Waals surface area contributed by atoms with Crippen LogP contribution in [0, 0.1) is 0 Å². The third-order valence-electron chi connectivity index (χ3n) is 3.17. The molecule has 0 fully saturated rings. The predicted octanol–water partition coefficient (Wildman–Crippen LogP) is 1.37. The summed E-state index contributed by atoms with van der Waals surface area (Å²) in [4.78, 5) is 3.99. The maximum absolute atomic E-state index is 4.95. The molecule has 0 amide bonds. The molecule has 18 heavy (non-hydrogen) atoms. The maximum Gasteiger partial charge on any atom is 0.227 e. The summed E-state index contributed by atoms with van der Waals surface area (Å²) in [7, 11) is 0. The van der Waals surface area contributed by atoms with E-state index in [4.69, 9.17) is 4.52 Å². The van der Waals surface area contributed by atoms with Crippen LogP contribution < -0.4 is 10.6 Å². The van der Waals surface area contributed by atoms with Crippen molar-refractivity contribution in [1.82, 2.24) is 15.5 Å². The van der Waals surface area contributed by atoms with E-state index in [1.807, 2.05) is 0 Å². The highest BCUT2D eigenvalue weighted by Gasteiger charge is 2.12. The fraction of sp³-hybridized carbons (Fsp3) is 0.385. The summed E-state index contributed by atoms with van der Waals surface area (Å²) < 4.78 is 4.95. The quantitative estimate of drug-likeness (QED) is 0.778. The number of aromatic nitrogens is 2. The number of fused-ring (bicyclic) bond motifs is 1. The molecule has 0 saturated heterocycles. The molecule has 1 aromatic heterocycles. The van der Waals surface area contributed by atoms with Crippen molar-refractivity contribution in [3.05, 3.63) is 41.5 Å². The second-order valence-electron chi connectivity index (χ2n) is 4.39. The van der Waals surface area contributed by atoms with Gasteiger partial charge in [0, 0.05) is 31.7 Å². The molecule has 0 bridgehead atoms. The van der Waals surface area contributed by atoms with Gasteiger partial charge in [-0.15, -0.1) is 0 Å². The lowest BCUT2D eigenvalue weighted by Crippen LogP contribution is -2.17. The van der Waals surface area contributed by atoms with Crippen LogP contribution in [0.15, 0.2) is 29.0 Å². The van der Waals surface area contributed by atoms with Gasteiger partial charge in [0.1, 0.15) is 0 Å². The molecule has 1 aliphatic rings. The summed E-state index contributed by atoms with van der Waals surface area (Å²) >= 11 is 0. The zero-order chi connectivity index (χ0) is 12.2. The highest BCUT2D eigenvalue weighted by Crippen LogP contribution is 2.25. The van der Waals surface area contributed by atoms with Crippen LogP contribution in [0.2, 0.25) is 0 Å². The van der Waals surface area contributed by atoms with E-state index in [1.165, 1.54) is 23.1 Å². The second kappa shape index (κ2) is 5.18. The third kappa shape index (κ3) is 2.36. The van der Waals surface area contributed by atoms with Crippen molar-refractivity contribution < 1.29 is 4.52 Å². The largest absolute Gasteiger partial charge is 0.384 e. The standard InChI is InChI=1S/C13H16N4O/c1-2-10-4-7-15-13(10)11(3-1)8-14-6-5-12-16-9-17-18-12/h1-3,9,14-15H,4-8H2. The van der Waals surface area contributed by atoms with Gasteiger partial charge < -0.3 is 15.2 Å². The maximum atomic E-state index is 4.95. The highest BCUT2D eigenvalue weighted by atomic mass is 16.5. The average Bonchev–Trinajstić information content (AvgIpc) is 3.05. The van der Waals surface area contributed by atoms with Crippen LogP contribution in [0.3, 0.4) is 0 Å². The third-order valence-corrected chi connectivity index (χ3v) is 3.17. The van der Waals surface area contributed by atoms with Crippen LogP contribution in [0.25, 0.3) is 0 Å². The van der Waals surface area contributed by atoms with E-state index >= 15 is 0 Å². The lowest BCUT2D eigenvalue weighted by atomic mass is 10.1. The molecule has 0 atom stereocenters. The molecule has 0 spiro atoms. The van der Waals surface area contributed by atoms with Gasteiger partial charge >= 0.3 is 0 Å². The van der Waals surface area contributed by atoms with Gasteiger partial charge in [0.15, 0.2) is 6.33 Å². The molecular formula is C13H16N4O. The van der Waals surface area contributed by atoms with E-state index in [2.05, 4.69) is 39.0 Å². The molecule has 0 radical (unpaired) electrons. The summed E-state index contributed by atoms with van der Waals surface area (Å²) in [5.41, 5.74) is 4.06. The summed E-state index contributed by atoms with van der Waals surface area (Å²) in [6.07, 6.45) is 3.33. The summed E-state index contributed by atoms with van der Waals surface area (Å²) in [5.74, 6) is 0.680. The van der Waals surface area contributed by atoms with Gasteiger partial charge in [-0.1, -0.05) is 23.4 Å². The number of hydrogen-bond donors (Lipinski definition) is 2. The minimum atomic E-state index is 0.680. The van der Waals surface area contributed by atoms with Crippen molar-refractivity contribution in [3.8, 4) is 0 Å². The van der Waals surface area contributed by atoms with Crippen molar-refractivity contribution in [2.45, 2.75) is 19.4 Å². The van der Waals surface area contributed by atoms with Gasteiger partial charge in [-0.25, -0.2) is 0 Å². The Hall–Kier alpha value is -1.88. The topological polar surface area (TPSA) is 63.0 Å².